The summed E-state index contributed by atoms with van der Waals surface area (Å²) < 4.78 is 33.9. The van der Waals surface area contributed by atoms with Crippen molar-refractivity contribution >= 4 is 22.1 Å². The maximum atomic E-state index is 11.8. The van der Waals surface area contributed by atoms with Crippen LogP contribution in [-0.2, 0) is 24.3 Å². The zero-order valence-corrected chi connectivity index (χ0v) is 13.7. The Morgan fingerprint density at radius 3 is 2.24 bits per heavy atom. The molecule has 0 saturated heterocycles. The molecule has 0 aliphatic carbocycles. The molecule has 0 aliphatic heterocycles. The van der Waals surface area contributed by atoms with Crippen LogP contribution in [0.3, 0.4) is 0 Å². The average Bonchev–Trinajstić information content (AvgIpc) is 2.23. The molecule has 0 rings (SSSR count). The monoisotopic (exact) mass is 324 g/mol. The van der Waals surface area contributed by atoms with Gasteiger partial charge in [-0.25, -0.2) is 22.7 Å². The van der Waals surface area contributed by atoms with Crippen molar-refractivity contribution in [2.45, 2.75) is 51.7 Å². The minimum absolute atomic E-state index is 0.186. The van der Waals surface area contributed by atoms with E-state index in [4.69, 9.17) is 10.5 Å². The van der Waals surface area contributed by atoms with Crippen LogP contribution in [0.5, 0.6) is 0 Å². The van der Waals surface area contributed by atoms with E-state index < -0.39 is 33.8 Å². The highest BCUT2D eigenvalue weighted by Crippen LogP contribution is 2.10. The van der Waals surface area contributed by atoms with E-state index in [-0.39, 0.29) is 6.42 Å². The predicted octanol–water partition coefficient (Wildman–Crippen LogP) is 0.512. The normalized spacial score (nSPS) is 13.6. The van der Waals surface area contributed by atoms with Crippen molar-refractivity contribution in [3.05, 3.63) is 0 Å². The summed E-state index contributed by atoms with van der Waals surface area (Å²) in [6.07, 6.45) is 1.09. The second kappa shape index (κ2) is 8.30. The molecule has 9 heteroatoms. The summed E-state index contributed by atoms with van der Waals surface area (Å²) in [5.41, 5.74) is 4.53. The summed E-state index contributed by atoms with van der Waals surface area (Å²) >= 11 is 0. The van der Waals surface area contributed by atoms with Gasteiger partial charge >= 0.3 is 12.1 Å². The van der Waals surface area contributed by atoms with Crippen molar-refractivity contribution in [2.75, 3.05) is 12.8 Å². The second-order valence-electron chi connectivity index (χ2n) is 5.61. The van der Waals surface area contributed by atoms with Gasteiger partial charge in [-0.3, -0.25) is 0 Å². The Morgan fingerprint density at radius 2 is 1.81 bits per heavy atom. The zero-order valence-electron chi connectivity index (χ0n) is 12.8. The van der Waals surface area contributed by atoms with Crippen molar-refractivity contribution in [2.24, 2.45) is 5.73 Å². The van der Waals surface area contributed by atoms with Crippen LogP contribution >= 0.6 is 0 Å². The summed E-state index contributed by atoms with van der Waals surface area (Å²) in [6, 6.07) is -1.14. The van der Waals surface area contributed by atoms with Crippen LogP contribution in [0.2, 0.25) is 0 Å². The van der Waals surface area contributed by atoms with Crippen molar-refractivity contribution in [1.29, 1.82) is 0 Å². The smallest absolute Gasteiger partial charge is 0.428 e. The maximum Gasteiger partial charge on any atom is 0.516 e. The third kappa shape index (κ3) is 11.2. The fourth-order valence-corrected chi connectivity index (χ4v) is 2.13. The molecule has 0 aliphatic rings. The van der Waals surface area contributed by atoms with Gasteiger partial charge in [0.1, 0.15) is 11.6 Å². The number of unbranched alkanes of at least 4 members (excludes halogenated alkanes) is 1. The van der Waals surface area contributed by atoms with E-state index in [2.05, 4.69) is 9.46 Å². The highest BCUT2D eigenvalue weighted by molar-refractivity contribution is 7.88. The van der Waals surface area contributed by atoms with Gasteiger partial charge in [0.15, 0.2) is 0 Å². The maximum absolute atomic E-state index is 11.8. The van der Waals surface area contributed by atoms with E-state index in [0.717, 1.165) is 6.26 Å². The average molecular weight is 324 g/mol. The lowest BCUT2D eigenvalue weighted by molar-refractivity contribution is -0.143. The van der Waals surface area contributed by atoms with E-state index in [0.29, 0.717) is 19.4 Å². The number of carbonyl (C=O) groups excluding carboxylic acids is 2. The summed E-state index contributed by atoms with van der Waals surface area (Å²) in [7, 11) is -3.61. The molecule has 0 aromatic rings. The number of hydrogen-bond donors (Lipinski definition) is 2. The topological polar surface area (TPSA) is 125 Å². The first-order valence-electron chi connectivity index (χ1n) is 6.56. The standard InChI is InChI=1S/C12H24N2O6S/c1-12(2,3)20-11(16)19-10(15)9(7-5-6-8-13)14-21(4,17)18/h9,14H,5-8,13H2,1-4H3/t9-/m0/s1. The number of sulfonamides is 1. The lowest BCUT2D eigenvalue weighted by Gasteiger charge is -2.20. The molecule has 0 bridgehead atoms. The van der Waals surface area contributed by atoms with Crippen molar-refractivity contribution in [3.8, 4) is 0 Å². The Balaban J connectivity index is 4.66. The number of nitrogens with one attached hydrogen (secondary N) is 1. The minimum Gasteiger partial charge on any atom is -0.428 e. The molecule has 124 valence electrons. The fourth-order valence-electron chi connectivity index (χ4n) is 1.40. The van der Waals surface area contributed by atoms with Gasteiger partial charge in [0.25, 0.3) is 0 Å². The number of carbonyl (C=O) groups is 2. The highest BCUT2D eigenvalue weighted by Gasteiger charge is 2.27. The second-order valence-corrected chi connectivity index (χ2v) is 7.39. The Bertz CT molecular complexity index is 455. The van der Waals surface area contributed by atoms with Crippen LogP contribution < -0.4 is 10.5 Å². The van der Waals surface area contributed by atoms with E-state index in [9.17, 15) is 18.0 Å². The molecule has 0 fully saturated rings. The third-order valence-electron chi connectivity index (χ3n) is 2.16. The molecule has 21 heavy (non-hydrogen) atoms. The van der Waals surface area contributed by atoms with Crippen LogP contribution in [-0.4, -0.2) is 45.0 Å². The molecule has 0 radical (unpaired) electrons. The first kappa shape index (κ1) is 19.8. The summed E-state index contributed by atoms with van der Waals surface area (Å²) in [5.74, 6) is -0.994. The van der Waals surface area contributed by atoms with E-state index in [1.54, 1.807) is 20.8 Å². The third-order valence-corrected chi connectivity index (χ3v) is 2.87. The first-order chi connectivity index (χ1) is 9.44. The van der Waals surface area contributed by atoms with Gasteiger partial charge in [0, 0.05) is 0 Å². The van der Waals surface area contributed by atoms with Crippen molar-refractivity contribution < 1.29 is 27.5 Å². The molecule has 0 unspecified atom stereocenters. The Hall–Kier alpha value is -1.19. The molecule has 0 aromatic heterocycles. The van der Waals surface area contributed by atoms with Gasteiger partial charge in [-0.2, -0.15) is 0 Å². The number of hydrogen-bond acceptors (Lipinski definition) is 7. The molecule has 0 saturated carbocycles. The fraction of sp³-hybridized carbons (Fsp3) is 0.833. The van der Waals surface area contributed by atoms with E-state index in [1.165, 1.54) is 0 Å². The Labute approximate surface area is 125 Å². The first-order valence-corrected chi connectivity index (χ1v) is 8.46. The molecule has 3 N–H and O–H groups in total. The van der Waals surface area contributed by atoms with Crippen LogP contribution in [0.15, 0.2) is 0 Å². The molecule has 0 aromatic carbocycles. The summed E-state index contributed by atoms with van der Waals surface area (Å²) in [5, 5.41) is 0. The van der Waals surface area contributed by atoms with Gasteiger partial charge in [-0.15, -0.1) is 0 Å². The Morgan fingerprint density at radius 1 is 1.24 bits per heavy atom. The van der Waals surface area contributed by atoms with Gasteiger partial charge in [-0.1, -0.05) is 6.42 Å². The molecule has 0 heterocycles. The van der Waals surface area contributed by atoms with Gasteiger partial charge in [0.2, 0.25) is 10.0 Å². The molecular formula is C12H24N2O6S. The zero-order chi connectivity index (χ0) is 16.7. The molecule has 0 amide bonds. The van der Waals surface area contributed by atoms with Crippen LogP contribution in [0.25, 0.3) is 0 Å². The molecule has 8 nitrogen and oxygen atoms in total. The predicted molar refractivity (Wildman–Crippen MR) is 77.0 cm³/mol. The SMILES string of the molecule is CC(C)(C)OC(=O)OC(=O)[C@H](CCCCN)NS(C)(=O)=O. The number of ether oxygens (including phenoxy) is 2. The molecule has 0 spiro atoms. The lowest BCUT2D eigenvalue weighted by atomic mass is 10.1. The van der Waals surface area contributed by atoms with Crippen molar-refractivity contribution in [3.63, 3.8) is 0 Å². The van der Waals surface area contributed by atoms with E-state index in [1.807, 2.05) is 0 Å². The highest BCUT2D eigenvalue weighted by atomic mass is 32.2. The number of nitrogens with two attached hydrogens (primary N) is 1. The minimum atomic E-state index is -3.61. The van der Waals surface area contributed by atoms with Crippen LogP contribution in [0.4, 0.5) is 4.79 Å². The largest absolute Gasteiger partial charge is 0.516 e. The quantitative estimate of drug-likeness (QED) is 0.397. The lowest BCUT2D eigenvalue weighted by Crippen LogP contribution is -2.42. The number of rotatable bonds is 7. The van der Waals surface area contributed by atoms with Gasteiger partial charge in [0.05, 0.1) is 6.26 Å². The molecular weight excluding hydrogens is 300 g/mol. The molecule has 1 atom stereocenters. The summed E-state index contributed by atoms with van der Waals surface area (Å²) in [4.78, 5) is 23.2. The van der Waals surface area contributed by atoms with E-state index >= 15 is 0 Å². The Kier molecular flexibility index (Phi) is 7.83. The van der Waals surface area contributed by atoms with Crippen LogP contribution in [0, 0.1) is 0 Å². The number of esters is 1. The summed E-state index contributed by atoms with van der Waals surface area (Å²) in [6.45, 7) is 5.28. The van der Waals surface area contributed by atoms with Crippen LogP contribution in [0.1, 0.15) is 40.0 Å². The van der Waals surface area contributed by atoms with Gasteiger partial charge < -0.3 is 15.2 Å². The van der Waals surface area contributed by atoms with Crippen molar-refractivity contribution in [1.82, 2.24) is 4.72 Å². The van der Waals surface area contributed by atoms with Gasteiger partial charge in [-0.05, 0) is 40.2 Å².